The first-order valence-electron chi connectivity index (χ1n) is 10.1. The summed E-state index contributed by atoms with van der Waals surface area (Å²) in [6, 6.07) is 12.6. The molecule has 0 bridgehead atoms. The summed E-state index contributed by atoms with van der Waals surface area (Å²) in [4.78, 5) is 0. The van der Waals surface area contributed by atoms with Crippen molar-refractivity contribution < 1.29 is 4.39 Å². The Kier molecular flexibility index (Phi) is 3.67. The van der Waals surface area contributed by atoms with Crippen LogP contribution in [-0.2, 0) is 0 Å². The number of aryl methyl sites for hydroxylation is 4. The van der Waals surface area contributed by atoms with Gasteiger partial charge < -0.3 is 4.40 Å². The molecule has 0 amide bonds. The van der Waals surface area contributed by atoms with Crippen molar-refractivity contribution in [2.75, 3.05) is 0 Å². The van der Waals surface area contributed by atoms with E-state index in [4.69, 9.17) is 0 Å². The molecule has 0 unspecified atom stereocenters. The van der Waals surface area contributed by atoms with Crippen molar-refractivity contribution in [1.82, 2.24) is 4.40 Å². The first kappa shape index (κ1) is 17.9. The zero-order valence-electron chi connectivity index (χ0n) is 17.6. The van der Waals surface area contributed by atoms with E-state index in [0.717, 1.165) is 26.9 Å². The SMILES string of the molecule is C=c1c2c(C)c(C)cc(C)c2n2c3c(C)cccc3c3ccc(/C(F)=C\C)c1c32. The molecule has 2 heteroatoms. The molecule has 3 aromatic carbocycles. The van der Waals surface area contributed by atoms with E-state index in [1.807, 2.05) is 6.07 Å². The number of hydrogen-bond acceptors (Lipinski definition) is 0. The van der Waals surface area contributed by atoms with Crippen LogP contribution in [0, 0.1) is 27.7 Å². The van der Waals surface area contributed by atoms with Gasteiger partial charge >= 0.3 is 0 Å². The summed E-state index contributed by atoms with van der Waals surface area (Å²) < 4.78 is 17.3. The van der Waals surface area contributed by atoms with E-state index in [1.165, 1.54) is 44.7 Å². The molecule has 0 aliphatic rings. The van der Waals surface area contributed by atoms with E-state index in [2.05, 4.69) is 69.0 Å². The second-order valence-corrected chi connectivity index (χ2v) is 8.16. The number of para-hydroxylation sites is 1. The minimum atomic E-state index is -0.206. The van der Waals surface area contributed by atoms with Gasteiger partial charge in [0.15, 0.2) is 0 Å². The molecule has 0 aliphatic carbocycles. The molecule has 0 radical (unpaired) electrons. The maximum absolute atomic E-state index is 14.9. The Balaban J connectivity index is 2.31. The Hall–Kier alpha value is -3.13. The Morgan fingerprint density at radius 3 is 2.31 bits per heavy atom. The highest BCUT2D eigenvalue weighted by Gasteiger charge is 2.21. The van der Waals surface area contributed by atoms with Crippen molar-refractivity contribution in [2.45, 2.75) is 34.6 Å². The molecule has 5 rings (SSSR count). The monoisotopic (exact) mass is 381 g/mol. The van der Waals surface area contributed by atoms with Gasteiger partial charge in [-0.05, 0) is 62.1 Å². The number of allylic oxidation sites excluding steroid dienone is 1. The van der Waals surface area contributed by atoms with Gasteiger partial charge in [0, 0.05) is 27.1 Å². The van der Waals surface area contributed by atoms with Gasteiger partial charge in [0.05, 0.1) is 16.6 Å². The Morgan fingerprint density at radius 2 is 1.59 bits per heavy atom. The second kappa shape index (κ2) is 5.93. The lowest BCUT2D eigenvalue weighted by Gasteiger charge is -2.17. The van der Waals surface area contributed by atoms with Gasteiger partial charge in [0.25, 0.3) is 0 Å². The Morgan fingerprint density at radius 1 is 0.862 bits per heavy atom. The number of nitrogens with zero attached hydrogens (tertiary/aromatic N) is 1. The van der Waals surface area contributed by atoms with E-state index in [-0.39, 0.29) is 5.83 Å². The summed E-state index contributed by atoms with van der Waals surface area (Å²) in [7, 11) is 0. The van der Waals surface area contributed by atoms with Gasteiger partial charge in [-0.15, -0.1) is 0 Å². The second-order valence-electron chi connectivity index (χ2n) is 8.16. The Bertz CT molecular complexity index is 1560. The summed E-state index contributed by atoms with van der Waals surface area (Å²) in [5.74, 6) is -0.206. The molecule has 0 fully saturated rings. The molecule has 0 atom stereocenters. The smallest absolute Gasteiger partial charge is 0.126 e. The standard InChI is InChI=1S/C27H24FN/c1-7-22(28)21-12-11-20-19-10-8-9-14(2)25(19)29-26-16(4)13-15(3)17(5)23(26)18(6)24(21)27(20)29/h7-13H,6H2,1-5H3/b22-7+. The van der Waals surface area contributed by atoms with Crippen LogP contribution >= 0.6 is 0 Å². The van der Waals surface area contributed by atoms with Crippen LogP contribution in [-0.4, -0.2) is 4.40 Å². The molecule has 2 heterocycles. The third-order valence-corrected chi connectivity index (χ3v) is 6.50. The first-order chi connectivity index (χ1) is 13.9. The Labute approximate surface area is 169 Å². The van der Waals surface area contributed by atoms with Crippen molar-refractivity contribution >= 4 is 50.5 Å². The summed E-state index contributed by atoms with van der Waals surface area (Å²) in [5.41, 5.74) is 8.94. The van der Waals surface area contributed by atoms with Gasteiger partial charge in [-0.1, -0.05) is 49.1 Å². The molecule has 0 aliphatic heterocycles. The molecule has 0 N–H and O–H groups in total. The molecule has 29 heavy (non-hydrogen) atoms. The fourth-order valence-electron chi connectivity index (χ4n) is 5.07. The molecule has 0 saturated carbocycles. The zero-order valence-corrected chi connectivity index (χ0v) is 17.6. The lowest BCUT2D eigenvalue weighted by molar-refractivity contribution is 0.760. The highest BCUT2D eigenvalue weighted by atomic mass is 19.1. The van der Waals surface area contributed by atoms with Gasteiger partial charge in [-0.25, -0.2) is 4.39 Å². The van der Waals surface area contributed by atoms with Gasteiger partial charge in [0.2, 0.25) is 0 Å². The average molecular weight is 381 g/mol. The lowest BCUT2D eigenvalue weighted by Crippen LogP contribution is -2.11. The maximum Gasteiger partial charge on any atom is 0.126 e. The lowest BCUT2D eigenvalue weighted by atomic mass is 9.94. The van der Waals surface area contributed by atoms with Crippen molar-refractivity contribution in [3.63, 3.8) is 0 Å². The molecule has 0 saturated heterocycles. The summed E-state index contributed by atoms with van der Waals surface area (Å²) in [5, 5.41) is 5.31. The number of pyridine rings is 1. The highest BCUT2D eigenvalue weighted by molar-refractivity contribution is 6.20. The summed E-state index contributed by atoms with van der Waals surface area (Å²) in [6.45, 7) is 14.8. The molecular weight excluding hydrogens is 357 g/mol. The van der Waals surface area contributed by atoms with Gasteiger partial charge in [-0.3, -0.25) is 0 Å². The predicted octanol–water partition coefficient (Wildman–Crippen LogP) is 7.09. The number of fused-ring (bicyclic) bond motifs is 5. The van der Waals surface area contributed by atoms with Crippen LogP contribution in [0.2, 0.25) is 0 Å². The van der Waals surface area contributed by atoms with Crippen LogP contribution in [0.5, 0.6) is 0 Å². The largest absolute Gasteiger partial charge is 0.307 e. The quantitative estimate of drug-likeness (QED) is 0.273. The molecule has 144 valence electrons. The number of rotatable bonds is 1. The minimum Gasteiger partial charge on any atom is -0.307 e. The summed E-state index contributed by atoms with van der Waals surface area (Å²) in [6.07, 6.45) is 1.53. The maximum atomic E-state index is 14.9. The van der Waals surface area contributed by atoms with Crippen molar-refractivity contribution in [2.24, 2.45) is 0 Å². The van der Waals surface area contributed by atoms with E-state index >= 15 is 0 Å². The van der Waals surface area contributed by atoms with E-state index in [1.54, 1.807) is 6.92 Å². The van der Waals surface area contributed by atoms with Crippen LogP contribution in [0.1, 0.15) is 34.7 Å². The number of halogens is 1. The van der Waals surface area contributed by atoms with E-state index in [9.17, 15) is 4.39 Å². The molecule has 2 aromatic heterocycles. The number of benzene rings is 3. The number of aromatic nitrogens is 1. The average Bonchev–Trinajstić information content (AvgIpc) is 3.04. The van der Waals surface area contributed by atoms with Gasteiger partial charge in [0.1, 0.15) is 5.83 Å². The highest BCUT2D eigenvalue weighted by Crippen LogP contribution is 2.39. The molecule has 0 spiro atoms. The topological polar surface area (TPSA) is 4.41 Å². The molecule has 1 nitrogen and oxygen atoms in total. The fourth-order valence-corrected chi connectivity index (χ4v) is 5.07. The predicted molar refractivity (Wildman–Crippen MR) is 124 cm³/mol. The van der Waals surface area contributed by atoms with E-state index in [0.29, 0.717) is 5.56 Å². The number of hydrogen-bond donors (Lipinski definition) is 0. The molecule has 5 aromatic rings. The molecular formula is C27H24FN. The normalized spacial score (nSPS) is 12.8. The third kappa shape index (κ3) is 2.15. The minimum absolute atomic E-state index is 0.206. The van der Waals surface area contributed by atoms with Crippen LogP contribution in [0.3, 0.4) is 0 Å². The summed E-state index contributed by atoms with van der Waals surface area (Å²) >= 11 is 0. The van der Waals surface area contributed by atoms with Crippen molar-refractivity contribution in [1.29, 1.82) is 0 Å². The first-order valence-corrected chi connectivity index (χ1v) is 10.1. The van der Waals surface area contributed by atoms with Crippen molar-refractivity contribution in [3.8, 4) is 0 Å². The van der Waals surface area contributed by atoms with Crippen molar-refractivity contribution in [3.05, 3.63) is 75.5 Å². The zero-order chi connectivity index (χ0) is 20.6. The van der Waals surface area contributed by atoms with Crippen LogP contribution in [0.15, 0.2) is 42.5 Å². The van der Waals surface area contributed by atoms with Crippen LogP contribution in [0.4, 0.5) is 4.39 Å². The van der Waals surface area contributed by atoms with Crippen LogP contribution < -0.4 is 5.22 Å². The third-order valence-electron chi connectivity index (χ3n) is 6.50. The van der Waals surface area contributed by atoms with Crippen LogP contribution in [0.25, 0.3) is 50.5 Å². The van der Waals surface area contributed by atoms with Gasteiger partial charge in [-0.2, -0.15) is 0 Å². The fraction of sp³-hybridized carbons (Fsp3) is 0.185. The van der Waals surface area contributed by atoms with E-state index < -0.39 is 0 Å².